The highest BCUT2D eigenvalue weighted by molar-refractivity contribution is 7.48. The summed E-state index contributed by atoms with van der Waals surface area (Å²) in [5.74, 6) is 3.93. The fourth-order valence-electron chi connectivity index (χ4n) is 14.2. The van der Waals surface area contributed by atoms with E-state index in [4.69, 9.17) is 13.6 Å². The van der Waals surface area contributed by atoms with Crippen molar-refractivity contribution in [2.75, 3.05) is 13.2 Å². The number of hydrogen-bond donors (Lipinski definition) is 0. The average molecular weight is 1020 g/mol. The molecule has 0 heterocycles. The van der Waals surface area contributed by atoms with E-state index in [1.165, 1.54) is 219 Å². The van der Waals surface area contributed by atoms with Gasteiger partial charge < -0.3 is 4.74 Å². The monoisotopic (exact) mass is 1020 g/mol. The van der Waals surface area contributed by atoms with Gasteiger partial charge in [0, 0.05) is 13.8 Å². The molecule has 3 fully saturated rings. The lowest BCUT2D eigenvalue weighted by Crippen LogP contribution is -2.51. The zero-order valence-corrected chi connectivity index (χ0v) is 49.3. The first-order chi connectivity index (χ1) is 34.2. The first-order valence-electron chi connectivity index (χ1n) is 31.1. The van der Waals surface area contributed by atoms with Crippen molar-refractivity contribution in [1.82, 2.24) is 0 Å². The minimum absolute atomic E-state index is 0.0780. The molecule has 0 N–H and O–H groups in total. The van der Waals surface area contributed by atoms with Crippen LogP contribution in [0.2, 0.25) is 0 Å². The number of ether oxygens (including phenoxy) is 1. The molecule has 4 aliphatic rings. The third-order valence-electron chi connectivity index (χ3n) is 18.3. The van der Waals surface area contributed by atoms with Gasteiger partial charge in [-0.1, -0.05) is 246 Å². The fraction of sp³-hybridized carbons (Fsp3) is 0.937. The van der Waals surface area contributed by atoms with Crippen molar-refractivity contribution in [3.63, 3.8) is 0 Å². The van der Waals surface area contributed by atoms with Gasteiger partial charge in [-0.2, -0.15) is 0 Å². The Morgan fingerprint density at radius 1 is 0.577 bits per heavy atom. The Kier molecular flexibility index (Phi) is 33.4. The lowest BCUT2D eigenvalue weighted by atomic mass is 9.47. The van der Waals surface area contributed by atoms with E-state index in [1.807, 2.05) is 0 Å². The number of phosphoric ester groups is 1. The molecule has 71 heavy (non-hydrogen) atoms. The van der Waals surface area contributed by atoms with Gasteiger partial charge in [-0.25, -0.2) is 4.57 Å². The predicted octanol–water partition coefficient (Wildman–Crippen LogP) is 20.6. The molecule has 0 saturated heterocycles. The van der Waals surface area contributed by atoms with Crippen LogP contribution in [0.5, 0.6) is 0 Å². The fourth-order valence-corrected chi connectivity index (χ4v) is 15.6. The summed E-state index contributed by atoms with van der Waals surface area (Å²) in [6, 6.07) is 0. The SMILES string of the molecule is CC(=O)OC(C)=O.CCCCCCCCCCCCCCCCOP(=O)(OCCCCCCCCCCCCCCCC)O[C@H]1CC[C@@]2(C)C(=CC[C@H]3[C@@H]4CC[C@H]([C@H](C)CCCC(C)C)[C@@]4(C)CC[C@@H]32)C1. The highest BCUT2D eigenvalue weighted by Gasteiger charge is 2.59. The molecule has 0 unspecified atom stereocenters. The van der Waals surface area contributed by atoms with E-state index in [0.29, 0.717) is 18.6 Å². The summed E-state index contributed by atoms with van der Waals surface area (Å²) in [5, 5.41) is 0. The summed E-state index contributed by atoms with van der Waals surface area (Å²) in [4.78, 5) is 19.6. The van der Waals surface area contributed by atoms with Crippen molar-refractivity contribution in [2.45, 2.75) is 319 Å². The van der Waals surface area contributed by atoms with Gasteiger partial charge in [-0.15, -0.1) is 0 Å². The minimum Gasteiger partial charge on any atom is -0.394 e. The van der Waals surface area contributed by atoms with Crippen molar-refractivity contribution < 1.29 is 32.5 Å². The predicted molar refractivity (Wildman–Crippen MR) is 301 cm³/mol. The Morgan fingerprint density at radius 2 is 1.03 bits per heavy atom. The summed E-state index contributed by atoms with van der Waals surface area (Å²) in [6.45, 7) is 20.6. The van der Waals surface area contributed by atoms with Crippen molar-refractivity contribution in [2.24, 2.45) is 46.3 Å². The summed E-state index contributed by atoms with van der Waals surface area (Å²) < 4.78 is 37.5. The Labute approximate surface area is 440 Å². The van der Waals surface area contributed by atoms with Crippen LogP contribution in [0.3, 0.4) is 0 Å². The van der Waals surface area contributed by atoms with Gasteiger partial charge in [0.1, 0.15) is 0 Å². The number of hydrogen-bond acceptors (Lipinski definition) is 7. The molecule has 4 rings (SSSR count). The summed E-state index contributed by atoms with van der Waals surface area (Å²) in [7, 11) is -3.64. The van der Waals surface area contributed by atoms with Crippen LogP contribution in [0, 0.1) is 46.3 Å². The van der Waals surface area contributed by atoms with E-state index < -0.39 is 19.8 Å². The van der Waals surface area contributed by atoms with Crippen LogP contribution in [-0.2, 0) is 32.5 Å². The van der Waals surface area contributed by atoms with Crippen LogP contribution in [0.25, 0.3) is 0 Å². The van der Waals surface area contributed by atoms with Crippen LogP contribution in [0.15, 0.2) is 11.6 Å². The number of esters is 2. The van der Waals surface area contributed by atoms with Crippen molar-refractivity contribution in [3.05, 3.63) is 11.6 Å². The molecule has 4 aliphatic carbocycles. The number of carbonyl (C=O) groups excluding carboxylic acids is 2. The topological polar surface area (TPSA) is 88.1 Å². The van der Waals surface area contributed by atoms with Crippen molar-refractivity contribution >= 4 is 19.8 Å². The van der Waals surface area contributed by atoms with E-state index >= 15 is 0 Å². The van der Waals surface area contributed by atoms with Gasteiger partial charge >= 0.3 is 19.8 Å². The van der Waals surface area contributed by atoms with Crippen LogP contribution in [0.1, 0.15) is 313 Å². The second kappa shape index (κ2) is 36.9. The molecule has 3 saturated carbocycles. The van der Waals surface area contributed by atoms with E-state index in [1.54, 1.807) is 5.57 Å². The molecular weight excluding hydrogens is 900 g/mol. The molecule has 0 aromatic rings. The van der Waals surface area contributed by atoms with Crippen molar-refractivity contribution in [3.8, 4) is 0 Å². The molecule has 7 nitrogen and oxygen atoms in total. The first-order valence-corrected chi connectivity index (χ1v) is 32.6. The van der Waals surface area contributed by atoms with E-state index in [0.717, 1.165) is 80.5 Å². The van der Waals surface area contributed by atoms with Gasteiger partial charge in [0.2, 0.25) is 0 Å². The molecule has 0 spiro atoms. The van der Waals surface area contributed by atoms with Crippen LogP contribution in [0.4, 0.5) is 0 Å². The molecule has 416 valence electrons. The molecule has 0 bridgehead atoms. The third-order valence-corrected chi connectivity index (χ3v) is 19.9. The van der Waals surface area contributed by atoms with Gasteiger partial charge in [-0.05, 0) is 111 Å². The molecule has 0 radical (unpaired) electrons. The third kappa shape index (κ3) is 24.7. The summed E-state index contributed by atoms with van der Waals surface area (Å²) in [5.41, 5.74) is 2.36. The largest absolute Gasteiger partial charge is 0.475 e. The number of carbonyl (C=O) groups is 2. The molecule has 0 amide bonds. The van der Waals surface area contributed by atoms with Crippen LogP contribution < -0.4 is 0 Å². The zero-order chi connectivity index (χ0) is 51.8. The lowest BCUT2D eigenvalue weighted by Gasteiger charge is -2.58. The maximum absolute atomic E-state index is 14.5. The van der Waals surface area contributed by atoms with Gasteiger partial charge in [0.25, 0.3) is 0 Å². The molecule has 8 atom stereocenters. The molecule has 0 aliphatic heterocycles. The molecule has 0 aromatic carbocycles. The second-order valence-corrected chi connectivity index (χ2v) is 26.3. The van der Waals surface area contributed by atoms with E-state index in [2.05, 4.69) is 59.3 Å². The van der Waals surface area contributed by atoms with Gasteiger partial charge in [0.15, 0.2) is 0 Å². The minimum atomic E-state index is -3.64. The van der Waals surface area contributed by atoms with E-state index in [9.17, 15) is 14.2 Å². The Morgan fingerprint density at radius 3 is 1.45 bits per heavy atom. The summed E-state index contributed by atoms with van der Waals surface area (Å²) in [6.07, 6.45) is 53.8. The number of phosphoric acid groups is 1. The quantitative estimate of drug-likeness (QED) is 0.0199. The second-order valence-electron chi connectivity index (χ2n) is 24.7. The maximum Gasteiger partial charge on any atom is 0.475 e. The normalized spacial score (nSPS) is 25.4. The number of allylic oxidation sites excluding steroid dienone is 1. The van der Waals surface area contributed by atoms with Crippen LogP contribution in [-0.4, -0.2) is 31.3 Å². The van der Waals surface area contributed by atoms with E-state index in [-0.39, 0.29) is 11.5 Å². The summed E-state index contributed by atoms with van der Waals surface area (Å²) >= 11 is 0. The lowest BCUT2D eigenvalue weighted by molar-refractivity contribution is -0.156. The molecular formula is C63H117O7P. The van der Waals surface area contributed by atoms with Gasteiger partial charge in [-0.3, -0.25) is 23.2 Å². The first kappa shape index (κ1) is 64.3. The van der Waals surface area contributed by atoms with Crippen molar-refractivity contribution in [1.29, 1.82) is 0 Å². The highest BCUT2D eigenvalue weighted by Crippen LogP contribution is 2.68. The zero-order valence-electron chi connectivity index (χ0n) is 48.4. The highest BCUT2D eigenvalue weighted by atomic mass is 31.2. The Balaban J connectivity index is 0.00000176. The Bertz CT molecular complexity index is 1430. The number of fused-ring (bicyclic) bond motifs is 5. The molecule has 8 heteroatoms. The Hall–Kier alpha value is -1.01. The number of unbranched alkanes of at least 4 members (excludes halogenated alkanes) is 26. The van der Waals surface area contributed by atoms with Gasteiger partial charge in [0.05, 0.1) is 19.3 Å². The molecule has 0 aromatic heterocycles. The maximum atomic E-state index is 14.5. The standard InChI is InChI=1S/C59H111O4P.C4H6O3/c1-8-10-12-14-16-18-20-22-24-26-28-30-32-34-47-61-64(60,62-48-35-33-31-29-27-25-23-21-19-17-15-13-11-9-2)63-53-43-45-58(6)52(49-53)39-40-54-56-42-41-55(51(5)38-36-37-50(3)4)59(56,7)46-44-57(54)58;1-3(5)7-4(2)6/h39,50-51,53-57H,8-38,40-49H2,1-7H3;1-2H3/t51-,53+,54+,55-,56+,57+,58+,59-;/m1./s1. The average Bonchev–Trinajstić information content (AvgIpc) is 3.68. The smallest absolute Gasteiger partial charge is 0.394 e. The van der Waals surface area contributed by atoms with Crippen LogP contribution >= 0.6 is 7.82 Å². The number of rotatable bonds is 39.